The van der Waals surface area contributed by atoms with Gasteiger partial charge in [-0.25, -0.2) is 9.97 Å². The summed E-state index contributed by atoms with van der Waals surface area (Å²) in [6.07, 6.45) is 3.44. The maximum Gasteiger partial charge on any atom is 0.314 e. The second kappa shape index (κ2) is 12.2. The van der Waals surface area contributed by atoms with Crippen LogP contribution in [0, 0.1) is 5.92 Å². The molecule has 0 unspecified atom stereocenters. The van der Waals surface area contributed by atoms with Crippen molar-refractivity contribution in [1.29, 1.82) is 0 Å². The molecule has 0 bridgehead atoms. The van der Waals surface area contributed by atoms with Gasteiger partial charge in [0.25, 0.3) is 5.91 Å². The van der Waals surface area contributed by atoms with E-state index in [1.54, 1.807) is 18.0 Å². The normalized spacial score (nSPS) is 21.2. The summed E-state index contributed by atoms with van der Waals surface area (Å²) in [6.45, 7) is 4.11. The predicted octanol–water partition coefficient (Wildman–Crippen LogP) is 1.68. The fraction of sp³-hybridized carbons (Fsp3) is 0.520. The fourth-order valence-corrected chi connectivity index (χ4v) is 5.90. The van der Waals surface area contributed by atoms with Crippen LogP contribution in [0.3, 0.4) is 0 Å². The lowest BCUT2D eigenvalue weighted by atomic mass is 9.81. The second-order valence-corrected chi connectivity index (χ2v) is 11.2. The van der Waals surface area contributed by atoms with Crippen LogP contribution in [-0.4, -0.2) is 82.7 Å². The summed E-state index contributed by atoms with van der Waals surface area (Å²) in [6, 6.07) is 1.95. The molecule has 0 radical (unpaired) electrons. The number of likely N-dealkylation sites (N-methyl/N-ethyl adjacent to an activating group) is 1. The molecule has 0 aromatic carbocycles. The lowest BCUT2D eigenvalue weighted by Crippen LogP contribution is -2.57. The molecular weight excluding hydrogens is 530 g/mol. The highest BCUT2D eigenvalue weighted by Gasteiger charge is 2.38. The van der Waals surface area contributed by atoms with E-state index in [9.17, 15) is 19.2 Å². The van der Waals surface area contributed by atoms with E-state index < -0.39 is 23.9 Å². The van der Waals surface area contributed by atoms with E-state index in [1.807, 2.05) is 14.0 Å². The molecule has 4 amide bonds. The van der Waals surface area contributed by atoms with Crippen LogP contribution in [0.2, 0.25) is 5.02 Å². The molecule has 3 N–H and O–H groups in total. The SMILES string of the molecule is CCN(C)C(=O)[C@H]1CC[C@H](NC(=O)C(=O)Nc2ccc(Cl)cn2)[C@H](NC(=O)c2nc3c(s2)CN(C)CC3)C1. The number of hydrogen-bond donors (Lipinski definition) is 3. The Morgan fingerprint density at radius 1 is 1.16 bits per heavy atom. The van der Waals surface area contributed by atoms with Gasteiger partial charge in [-0.05, 0) is 45.4 Å². The number of nitrogens with one attached hydrogen (secondary N) is 3. The van der Waals surface area contributed by atoms with Gasteiger partial charge in [-0.15, -0.1) is 11.3 Å². The number of rotatable bonds is 6. The maximum atomic E-state index is 13.2. The molecule has 2 aromatic heterocycles. The standard InChI is InChI=1S/C25H32ClN7O4S/c1-4-33(3)25(37)14-5-7-16(28-21(34)22(35)31-20-8-6-15(26)12-27-20)18(11-14)29-23(36)24-30-17-9-10-32(2)13-19(17)38-24/h6,8,12,14,16,18H,4-5,7,9-11,13H2,1-3H3,(H,28,34)(H,29,36)(H,27,31,35)/t14-,16-,18+/m0/s1. The maximum absolute atomic E-state index is 13.2. The number of halogens is 1. The van der Waals surface area contributed by atoms with Crippen molar-refractivity contribution >= 4 is 52.4 Å². The van der Waals surface area contributed by atoms with Gasteiger partial charge in [-0.3, -0.25) is 19.2 Å². The van der Waals surface area contributed by atoms with Gasteiger partial charge in [0.05, 0.1) is 16.8 Å². The molecule has 1 saturated carbocycles. The number of pyridine rings is 1. The number of aromatic nitrogens is 2. The average Bonchev–Trinajstić information content (AvgIpc) is 3.33. The summed E-state index contributed by atoms with van der Waals surface area (Å²) in [5.74, 6) is -2.20. The first-order valence-corrected chi connectivity index (χ1v) is 13.8. The minimum atomic E-state index is -0.884. The van der Waals surface area contributed by atoms with Gasteiger partial charge in [0.1, 0.15) is 5.82 Å². The first kappa shape index (κ1) is 27.9. The van der Waals surface area contributed by atoms with E-state index in [2.05, 4.69) is 30.8 Å². The summed E-state index contributed by atoms with van der Waals surface area (Å²) in [5, 5.41) is 8.95. The predicted molar refractivity (Wildman–Crippen MR) is 144 cm³/mol. The lowest BCUT2D eigenvalue weighted by molar-refractivity contribution is -0.137. The van der Waals surface area contributed by atoms with E-state index in [-0.39, 0.29) is 23.6 Å². The summed E-state index contributed by atoms with van der Waals surface area (Å²) in [5.41, 5.74) is 0.942. The molecule has 4 rings (SSSR count). The summed E-state index contributed by atoms with van der Waals surface area (Å²) < 4.78 is 0. The number of hydrogen-bond acceptors (Lipinski definition) is 8. The molecule has 2 aliphatic rings. The molecule has 13 heteroatoms. The quantitative estimate of drug-likeness (QED) is 0.456. The van der Waals surface area contributed by atoms with Crippen molar-refractivity contribution < 1.29 is 19.2 Å². The molecule has 3 heterocycles. The van der Waals surface area contributed by atoms with Crippen LogP contribution in [0.5, 0.6) is 0 Å². The van der Waals surface area contributed by atoms with Crippen LogP contribution in [0.25, 0.3) is 0 Å². The number of anilines is 1. The molecular formula is C25H32ClN7O4S. The van der Waals surface area contributed by atoms with E-state index in [4.69, 9.17) is 11.6 Å². The fourth-order valence-electron chi connectivity index (χ4n) is 4.70. The van der Waals surface area contributed by atoms with Crippen molar-refractivity contribution in [2.45, 2.75) is 51.2 Å². The smallest absolute Gasteiger partial charge is 0.314 e. The van der Waals surface area contributed by atoms with Crippen LogP contribution in [0.15, 0.2) is 18.3 Å². The molecule has 3 atom stereocenters. The van der Waals surface area contributed by atoms with Gasteiger partial charge in [-0.2, -0.15) is 0 Å². The summed E-state index contributed by atoms with van der Waals surface area (Å²) in [7, 11) is 3.78. The zero-order chi connectivity index (χ0) is 27.4. The monoisotopic (exact) mass is 561 g/mol. The summed E-state index contributed by atoms with van der Waals surface area (Å²) >= 11 is 7.18. The van der Waals surface area contributed by atoms with Crippen molar-refractivity contribution in [1.82, 2.24) is 30.4 Å². The molecule has 0 saturated heterocycles. The highest BCUT2D eigenvalue weighted by molar-refractivity contribution is 7.13. The third-order valence-corrected chi connectivity index (χ3v) is 8.28. The molecule has 2 aromatic rings. The lowest BCUT2D eigenvalue weighted by Gasteiger charge is -2.37. The first-order valence-electron chi connectivity index (χ1n) is 12.6. The van der Waals surface area contributed by atoms with Gasteiger partial charge in [0.2, 0.25) is 5.91 Å². The number of nitrogens with zero attached hydrogens (tertiary/aromatic N) is 4. The van der Waals surface area contributed by atoms with Crippen molar-refractivity contribution in [3.05, 3.63) is 38.9 Å². The number of carbonyl (C=O) groups excluding carboxylic acids is 4. The molecule has 11 nitrogen and oxygen atoms in total. The number of thiazole rings is 1. The van der Waals surface area contributed by atoms with Crippen molar-refractivity contribution in [3.63, 3.8) is 0 Å². The Balaban J connectivity index is 1.46. The summed E-state index contributed by atoms with van der Waals surface area (Å²) in [4.78, 5) is 64.8. The number of carbonyl (C=O) groups is 4. The minimum absolute atomic E-state index is 0.00386. The van der Waals surface area contributed by atoms with Crippen molar-refractivity contribution in [2.75, 3.05) is 32.5 Å². The highest BCUT2D eigenvalue weighted by Crippen LogP contribution is 2.28. The highest BCUT2D eigenvalue weighted by atomic mass is 35.5. The zero-order valence-electron chi connectivity index (χ0n) is 21.6. The van der Waals surface area contributed by atoms with Crippen LogP contribution in [-0.2, 0) is 27.3 Å². The minimum Gasteiger partial charge on any atom is -0.346 e. The Morgan fingerprint density at radius 3 is 2.66 bits per heavy atom. The number of amides is 4. The van der Waals surface area contributed by atoms with Crippen molar-refractivity contribution in [3.8, 4) is 0 Å². The van der Waals surface area contributed by atoms with E-state index >= 15 is 0 Å². The largest absolute Gasteiger partial charge is 0.346 e. The van der Waals surface area contributed by atoms with Gasteiger partial charge in [0, 0.05) is 56.1 Å². The van der Waals surface area contributed by atoms with Gasteiger partial charge < -0.3 is 25.8 Å². The van der Waals surface area contributed by atoms with Crippen LogP contribution >= 0.6 is 22.9 Å². The van der Waals surface area contributed by atoms with E-state index in [0.29, 0.717) is 35.8 Å². The topological polar surface area (TPSA) is 137 Å². The van der Waals surface area contributed by atoms with Gasteiger partial charge >= 0.3 is 11.8 Å². The van der Waals surface area contributed by atoms with Crippen LogP contribution < -0.4 is 16.0 Å². The molecule has 1 aliphatic carbocycles. The Morgan fingerprint density at radius 2 is 1.95 bits per heavy atom. The zero-order valence-corrected chi connectivity index (χ0v) is 23.2. The Hall–Kier alpha value is -3.09. The van der Waals surface area contributed by atoms with Gasteiger partial charge in [-0.1, -0.05) is 11.6 Å². The molecule has 38 heavy (non-hydrogen) atoms. The Labute approximate surface area is 230 Å². The Kier molecular flexibility index (Phi) is 8.95. The third kappa shape index (κ3) is 6.66. The average molecular weight is 562 g/mol. The molecule has 0 spiro atoms. The number of fused-ring (bicyclic) bond motifs is 1. The van der Waals surface area contributed by atoms with Crippen molar-refractivity contribution in [2.24, 2.45) is 5.92 Å². The first-order chi connectivity index (χ1) is 18.1. The van der Waals surface area contributed by atoms with E-state index in [0.717, 1.165) is 30.1 Å². The third-order valence-electron chi connectivity index (χ3n) is 6.97. The Bertz CT molecular complexity index is 1200. The van der Waals surface area contributed by atoms with E-state index in [1.165, 1.54) is 23.6 Å². The van der Waals surface area contributed by atoms with Crippen LogP contribution in [0.1, 0.15) is 46.6 Å². The second-order valence-electron chi connectivity index (χ2n) is 9.71. The molecule has 1 aliphatic heterocycles. The van der Waals surface area contributed by atoms with Crippen LogP contribution in [0.4, 0.5) is 5.82 Å². The van der Waals surface area contributed by atoms with Gasteiger partial charge in [0.15, 0.2) is 5.01 Å². The molecule has 1 fully saturated rings. The molecule has 204 valence electrons.